The van der Waals surface area contributed by atoms with E-state index in [0.717, 1.165) is 0 Å². The summed E-state index contributed by atoms with van der Waals surface area (Å²) in [6, 6.07) is 6.16. The molecule has 1 rings (SSSR count). The fourth-order valence-electron chi connectivity index (χ4n) is 1.01. The van der Waals surface area contributed by atoms with E-state index < -0.39 is 11.9 Å². The van der Waals surface area contributed by atoms with Crippen LogP contribution >= 0.6 is 0 Å². The topological polar surface area (TPSA) is 52.6 Å². The molecule has 0 spiro atoms. The molecule has 0 saturated heterocycles. The maximum atomic E-state index is 11.1. The molecule has 0 amide bonds. The van der Waals surface area contributed by atoms with Crippen LogP contribution in [0.2, 0.25) is 0 Å². The summed E-state index contributed by atoms with van der Waals surface area (Å²) in [6.07, 6.45) is 0. The third kappa shape index (κ3) is 3.66. The Morgan fingerprint density at radius 2 is 1.40 bits per heavy atom. The first-order valence-electron chi connectivity index (χ1n) is 3.95. The molecular formula is C10H11NaO4. The zero-order chi connectivity index (χ0) is 10.6. The molecule has 0 N–H and O–H groups in total. The molecule has 0 aliphatic rings. The number of methoxy groups -OCH3 is 2. The number of benzene rings is 1. The van der Waals surface area contributed by atoms with E-state index in [1.54, 1.807) is 18.2 Å². The molecule has 15 heavy (non-hydrogen) atoms. The SMILES string of the molecule is COC(=O)c1cccc(C(=O)OC)c1.[NaH]. The van der Waals surface area contributed by atoms with E-state index in [9.17, 15) is 9.59 Å². The molecule has 0 fully saturated rings. The van der Waals surface area contributed by atoms with Crippen molar-refractivity contribution < 1.29 is 19.1 Å². The summed E-state index contributed by atoms with van der Waals surface area (Å²) < 4.78 is 9.03. The normalized spacial score (nSPS) is 8.67. The molecule has 0 atom stereocenters. The third-order valence-electron chi connectivity index (χ3n) is 1.70. The Morgan fingerprint density at radius 1 is 1.00 bits per heavy atom. The molecule has 4 nitrogen and oxygen atoms in total. The number of esters is 2. The van der Waals surface area contributed by atoms with Gasteiger partial charge in [0, 0.05) is 0 Å². The van der Waals surface area contributed by atoms with E-state index in [4.69, 9.17) is 0 Å². The molecular weight excluding hydrogens is 207 g/mol. The van der Waals surface area contributed by atoms with Crippen molar-refractivity contribution in [1.82, 2.24) is 0 Å². The predicted molar refractivity (Wildman–Crippen MR) is 56.3 cm³/mol. The van der Waals surface area contributed by atoms with Crippen LogP contribution in [0.15, 0.2) is 24.3 Å². The number of hydrogen-bond acceptors (Lipinski definition) is 4. The Kier molecular flexibility index (Phi) is 6.24. The predicted octanol–water partition coefficient (Wildman–Crippen LogP) is 0.611. The Balaban J connectivity index is 0.00000196. The van der Waals surface area contributed by atoms with Crippen LogP contribution in [-0.4, -0.2) is 55.7 Å². The van der Waals surface area contributed by atoms with E-state index in [0.29, 0.717) is 11.1 Å². The van der Waals surface area contributed by atoms with Gasteiger partial charge in [-0.2, -0.15) is 0 Å². The Hall–Kier alpha value is -0.840. The van der Waals surface area contributed by atoms with Gasteiger partial charge < -0.3 is 9.47 Å². The molecule has 76 valence electrons. The van der Waals surface area contributed by atoms with Gasteiger partial charge in [-0.25, -0.2) is 9.59 Å². The summed E-state index contributed by atoms with van der Waals surface area (Å²) >= 11 is 0. The van der Waals surface area contributed by atoms with Crippen LogP contribution in [0, 0.1) is 0 Å². The minimum atomic E-state index is -0.476. The van der Waals surface area contributed by atoms with E-state index in [-0.39, 0.29) is 29.6 Å². The summed E-state index contributed by atoms with van der Waals surface area (Å²) in [4.78, 5) is 22.2. The van der Waals surface area contributed by atoms with Crippen LogP contribution in [0.3, 0.4) is 0 Å². The van der Waals surface area contributed by atoms with Crippen molar-refractivity contribution in [2.75, 3.05) is 14.2 Å². The van der Waals surface area contributed by atoms with Crippen LogP contribution in [0.1, 0.15) is 20.7 Å². The Bertz CT molecular complexity index is 331. The fraction of sp³-hybridized carbons (Fsp3) is 0.200. The summed E-state index contributed by atoms with van der Waals surface area (Å²) in [5, 5.41) is 0. The van der Waals surface area contributed by atoms with Gasteiger partial charge >= 0.3 is 41.5 Å². The number of carbonyl (C=O) groups is 2. The van der Waals surface area contributed by atoms with Crippen molar-refractivity contribution in [1.29, 1.82) is 0 Å². The van der Waals surface area contributed by atoms with Gasteiger partial charge in [0.25, 0.3) is 0 Å². The van der Waals surface area contributed by atoms with E-state index in [2.05, 4.69) is 9.47 Å². The first kappa shape index (κ1) is 14.2. The first-order chi connectivity index (χ1) is 6.69. The zero-order valence-electron chi connectivity index (χ0n) is 7.94. The van der Waals surface area contributed by atoms with Gasteiger partial charge in [-0.05, 0) is 18.2 Å². The van der Waals surface area contributed by atoms with Gasteiger partial charge in [0.1, 0.15) is 0 Å². The molecule has 0 heterocycles. The summed E-state index contributed by atoms with van der Waals surface area (Å²) in [6.45, 7) is 0. The van der Waals surface area contributed by atoms with Crippen molar-refractivity contribution in [3.8, 4) is 0 Å². The Morgan fingerprint density at radius 3 is 1.73 bits per heavy atom. The van der Waals surface area contributed by atoms with Crippen LogP contribution in [0.4, 0.5) is 0 Å². The van der Waals surface area contributed by atoms with Crippen molar-refractivity contribution >= 4 is 41.5 Å². The van der Waals surface area contributed by atoms with Crippen LogP contribution in [-0.2, 0) is 9.47 Å². The molecule has 1 aromatic rings. The quantitative estimate of drug-likeness (QED) is 0.539. The number of hydrogen-bond donors (Lipinski definition) is 0. The maximum absolute atomic E-state index is 11.1. The van der Waals surface area contributed by atoms with Gasteiger partial charge in [0.2, 0.25) is 0 Å². The minimum absolute atomic E-state index is 0. The molecule has 0 radical (unpaired) electrons. The molecule has 0 bridgehead atoms. The number of ether oxygens (including phenoxy) is 2. The molecule has 0 unspecified atom stereocenters. The number of carbonyl (C=O) groups excluding carboxylic acids is 2. The monoisotopic (exact) mass is 218 g/mol. The van der Waals surface area contributed by atoms with Crippen molar-refractivity contribution in [3.05, 3.63) is 35.4 Å². The zero-order valence-corrected chi connectivity index (χ0v) is 7.94. The standard InChI is InChI=1S/C10H10O4.Na.H/c1-13-9(11)7-4-3-5-8(6-7)10(12)14-2;;/h3-6H,1-2H3;;. The summed E-state index contributed by atoms with van der Waals surface area (Å²) in [5.74, 6) is -0.952. The second kappa shape index (κ2) is 6.61. The van der Waals surface area contributed by atoms with Crippen molar-refractivity contribution in [2.24, 2.45) is 0 Å². The summed E-state index contributed by atoms with van der Waals surface area (Å²) in [7, 11) is 2.57. The van der Waals surface area contributed by atoms with Crippen LogP contribution in [0.5, 0.6) is 0 Å². The molecule has 5 heteroatoms. The van der Waals surface area contributed by atoms with Crippen molar-refractivity contribution in [3.63, 3.8) is 0 Å². The van der Waals surface area contributed by atoms with Gasteiger partial charge in [-0.1, -0.05) is 6.07 Å². The Labute approximate surface area is 110 Å². The molecule has 0 aliphatic carbocycles. The molecule has 0 saturated carbocycles. The van der Waals surface area contributed by atoms with E-state index in [1.165, 1.54) is 20.3 Å². The average molecular weight is 218 g/mol. The van der Waals surface area contributed by atoms with Gasteiger partial charge in [-0.15, -0.1) is 0 Å². The summed E-state index contributed by atoms with van der Waals surface area (Å²) in [5.41, 5.74) is 0.658. The molecule has 0 aliphatic heterocycles. The van der Waals surface area contributed by atoms with Crippen LogP contribution < -0.4 is 0 Å². The fourth-order valence-corrected chi connectivity index (χ4v) is 1.01. The second-order valence-electron chi connectivity index (χ2n) is 2.56. The van der Waals surface area contributed by atoms with E-state index in [1.807, 2.05) is 0 Å². The second-order valence-corrected chi connectivity index (χ2v) is 2.56. The average Bonchev–Trinajstić information content (AvgIpc) is 2.27. The first-order valence-corrected chi connectivity index (χ1v) is 3.95. The molecule has 1 aromatic carbocycles. The molecule has 0 aromatic heterocycles. The van der Waals surface area contributed by atoms with Crippen LogP contribution in [0.25, 0.3) is 0 Å². The number of rotatable bonds is 2. The van der Waals surface area contributed by atoms with Gasteiger partial charge in [0.15, 0.2) is 0 Å². The van der Waals surface area contributed by atoms with Gasteiger partial charge in [-0.3, -0.25) is 0 Å². The van der Waals surface area contributed by atoms with Gasteiger partial charge in [0.05, 0.1) is 25.3 Å². The third-order valence-corrected chi connectivity index (χ3v) is 1.70. The van der Waals surface area contributed by atoms with E-state index >= 15 is 0 Å². The van der Waals surface area contributed by atoms with Crippen molar-refractivity contribution in [2.45, 2.75) is 0 Å².